The van der Waals surface area contributed by atoms with E-state index in [0.29, 0.717) is 24.2 Å². The molecule has 0 aliphatic heterocycles. The zero-order valence-electron chi connectivity index (χ0n) is 17.4. The van der Waals surface area contributed by atoms with Crippen molar-refractivity contribution in [3.63, 3.8) is 0 Å². The number of benzene rings is 3. The van der Waals surface area contributed by atoms with Crippen molar-refractivity contribution in [2.45, 2.75) is 11.3 Å². The van der Waals surface area contributed by atoms with Gasteiger partial charge in [-0.2, -0.15) is 0 Å². The van der Waals surface area contributed by atoms with Crippen LogP contribution in [0.1, 0.15) is 5.56 Å². The number of carbonyl (C=O) groups is 1. The molecule has 1 N–H and O–H groups in total. The third kappa shape index (κ3) is 4.78. The number of carbonyl (C=O) groups excluding carboxylic acids is 1. The molecule has 0 radical (unpaired) electrons. The van der Waals surface area contributed by atoms with Crippen molar-refractivity contribution >= 4 is 32.5 Å². The third-order valence-corrected chi connectivity index (χ3v) is 6.85. The third-order valence-electron chi connectivity index (χ3n) is 5.08. The fourth-order valence-corrected chi connectivity index (χ4v) is 4.94. The molecule has 4 aromatic rings. The van der Waals surface area contributed by atoms with Gasteiger partial charge >= 0.3 is 0 Å². The normalized spacial score (nSPS) is 11.2. The van der Waals surface area contributed by atoms with Crippen molar-refractivity contribution in [2.24, 2.45) is 0 Å². The van der Waals surface area contributed by atoms with Crippen LogP contribution in [0.15, 0.2) is 102 Å². The molecular formula is C25H23N3O3S. The maximum atomic E-state index is 13.5. The molecule has 162 valence electrons. The number of anilines is 1. The van der Waals surface area contributed by atoms with Crippen molar-refractivity contribution in [3.8, 4) is 0 Å². The molecule has 0 aliphatic carbocycles. The van der Waals surface area contributed by atoms with Crippen LogP contribution in [0, 0.1) is 0 Å². The summed E-state index contributed by atoms with van der Waals surface area (Å²) in [5.74, 6) is -0.381. The Bertz CT molecular complexity index is 1300. The Kier molecular flexibility index (Phi) is 6.47. The highest BCUT2D eigenvalue weighted by Gasteiger charge is 2.28. The first-order chi connectivity index (χ1) is 15.6. The van der Waals surface area contributed by atoms with Crippen molar-refractivity contribution in [2.75, 3.05) is 17.4 Å². The Balaban J connectivity index is 1.63. The maximum Gasteiger partial charge on any atom is 0.264 e. The summed E-state index contributed by atoms with van der Waals surface area (Å²) in [6.45, 7) is 0.0670. The van der Waals surface area contributed by atoms with Gasteiger partial charge in [-0.25, -0.2) is 8.42 Å². The van der Waals surface area contributed by atoms with Crippen LogP contribution in [0.2, 0.25) is 0 Å². The van der Waals surface area contributed by atoms with Crippen LogP contribution in [-0.2, 0) is 21.2 Å². The number of fused-ring (bicyclic) bond motifs is 1. The van der Waals surface area contributed by atoms with E-state index in [-0.39, 0.29) is 17.3 Å². The minimum Gasteiger partial charge on any atom is -0.354 e. The van der Waals surface area contributed by atoms with Crippen molar-refractivity contribution in [1.82, 2.24) is 10.3 Å². The molecule has 0 aliphatic rings. The molecule has 7 heteroatoms. The molecule has 6 nitrogen and oxygen atoms in total. The van der Waals surface area contributed by atoms with Crippen LogP contribution in [0.4, 0.5) is 5.69 Å². The molecule has 0 saturated carbocycles. The van der Waals surface area contributed by atoms with Crippen LogP contribution < -0.4 is 9.62 Å². The highest BCUT2D eigenvalue weighted by Crippen LogP contribution is 2.29. The summed E-state index contributed by atoms with van der Waals surface area (Å²) in [6, 6.07) is 26.9. The van der Waals surface area contributed by atoms with E-state index in [0.717, 1.165) is 15.3 Å². The zero-order valence-corrected chi connectivity index (χ0v) is 18.2. The maximum absolute atomic E-state index is 13.5. The van der Waals surface area contributed by atoms with Gasteiger partial charge in [-0.3, -0.25) is 14.1 Å². The molecule has 32 heavy (non-hydrogen) atoms. The number of hydrogen-bond acceptors (Lipinski definition) is 4. The van der Waals surface area contributed by atoms with E-state index < -0.39 is 10.0 Å². The second kappa shape index (κ2) is 9.62. The number of rotatable bonds is 8. The summed E-state index contributed by atoms with van der Waals surface area (Å²) < 4.78 is 28.2. The lowest BCUT2D eigenvalue weighted by molar-refractivity contribution is -0.119. The molecule has 1 amide bonds. The number of nitrogens with one attached hydrogen (secondary N) is 1. The van der Waals surface area contributed by atoms with E-state index >= 15 is 0 Å². The summed E-state index contributed by atoms with van der Waals surface area (Å²) in [4.78, 5) is 17.3. The van der Waals surface area contributed by atoms with Gasteiger partial charge in [0.25, 0.3) is 10.0 Å². The van der Waals surface area contributed by atoms with E-state index in [1.165, 1.54) is 12.1 Å². The standard InChI is InChI=1S/C25H23N3O3S/c29-24(26-18-16-20-9-3-1-4-10-20)19-28(32(30,31)22-13-5-2-6-14-22)23-15-7-11-21-12-8-17-27-25(21)23/h1-15,17H,16,18-19H2,(H,26,29). The van der Waals surface area contributed by atoms with Crippen molar-refractivity contribution in [1.29, 1.82) is 0 Å². The number of para-hydroxylation sites is 1. The average molecular weight is 446 g/mol. The molecule has 1 heterocycles. The van der Waals surface area contributed by atoms with Gasteiger partial charge in [0.05, 0.1) is 16.1 Å². The second-order valence-corrected chi connectivity index (χ2v) is 9.12. The highest BCUT2D eigenvalue weighted by molar-refractivity contribution is 7.92. The van der Waals surface area contributed by atoms with Crippen LogP contribution in [0.3, 0.4) is 0 Å². The molecule has 0 atom stereocenters. The smallest absolute Gasteiger partial charge is 0.264 e. The highest BCUT2D eigenvalue weighted by atomic mass is 32.2. The fraction of sp³-hybridized carbons (Fsp3) is 0.120. The molecule has 0 saturated heterocycles. The first-order valence-electron chi connectivity index (χ1n) is 10.3. The van der Waals surface area contributed by atoms with Crippen LogP contribution in [0.25, 0.3) is 10.9 Å². The SMILES string of the molecule is O=C(CN(c1cccc2cccnc12)S(=O)(=O)c1ccccc1)NCCc1ccccc1. The molecule has 0 bridgehead atoms. The van der Waals surface area contributed by atoms with Gasteiger partial charge in [-0.05, 0) is 36.2 Å². The van der Waals surface area contributed by atoms with E-state index in [2.05, 4.69) is 10.3 Å². The summed E-state index contributed by atoms with van der Waals surface area (Å²) in [5, 5.41) is 3.63. The quantitative estimate of drug-likeness (QED) is 0.448. The number of aromatic nitrogens is 1. The van der Waals surface area contributed by atoms with Gasteiger partial charge in [0, 0.05) is 18.1 Å². The number of amides is 1. The Morgan fingerprint density at radius 1 is 0.844 bits per heavy atom. The number of sulfonamides is 1. The molecule has 0 spiro atoms. The molecule has 0 fully saturated rings. The topological polar surface area (TPSA) is 79.4 Å². The summed E-state index contributed by atoms with van der Waals surface area (Å²) >= 11 is 0. The predicted molar refractivity (Wildman–Crippen MR) is 126 cm³/mol. The van der Waals surface area contributed by atoms with Gasteiger partial charge in [0.1, 0.15) is 6.54 Å². The van der Waals surface area contributed by atoms with Crippen molar-refractivity contribution in [3.05, 3.63) is 103 Å². The Morgan fingerprint density at radius 3 is 2.28 bits per heavy atom. The summed E-state index contributed by atoms with van der Waals surface area (Å²) in [6.07, 6.45) is 2.27. The predicted octanol–water partition coefficient (Wildman–Crippen LogP) is 3.79. The monoisotopic (exact) mass is 445 g/mol. The summed E-state index contributed by atoms with van der Waals surface area (Å²) in [5.41, 5.74) is 1.98. The summed E-state index contributed by atoms with van der Waals surface area (Å²) in [7, 11) is -3.99. The Labute approximate surface area is 187 Å². The lowest BCUT2D eigenvalue weighted by Crippen LogP contribution is -2.41. The minimum atomic E-state index is -3.99. The molecule has 1 aromatic heterocycles. The first kappa shape index (κ1) is 21.5. The first-order valence-corrected chi connectivity index (χ1v) is 11.7. The molecule has 0 unspecified atom stereocenters. The van der Waals surface area contributed by atoms with Crippen LogP contribution >= 0.6 is 0 Å². The van der Waals surface area contributed by atoms with Gasteiger partial charge in [0.2, 0.25) is 5.91 Å². The Hall–Kier alpha value is -3.71. The largest absolute Gasteiger partial charge is 0.354 e. The van der Waals surface area contributed by atoms with Crippen LogP contribution in [-0.4, -0.2) is 32.4 Å². The van der Waals surface area contributed by atoms with Crippen molar-refractivity contribution < 1.29 is 13.2 Å². The fourth-order valence-electron chi connectivity index (χ4n) is 3.49. The molecule has 3 aromatic carbocycles. The van der Waals surface area contributed by atoms with E-state index in [1.807, 2.05) is 42.5 Å². The second-order valence-electron chi connectivity index (χ2n) is 7.26. The van der Waals surface area contributed by atoms with Gasteiger partial charge in [0.15, 0.2) is 0 Å². The lowest BCUT2D eigenvalue weighted by Gasteiger charge is -2.25. The van der Waals surface area contributed by atoms with Gasteiger partial charge in [-0.15, -0.1) is 0 Å². The van der Waals surface area contributed by atoms with Gasteiger partial charge < -0.3 is 5.32 Å². The Morgan fingerprint density at radius 2 is 1.53 bits per heavy atom. The lowest BCUT2D eigenvalue weighted by atomic mass is 10.1. The van der Waals surface area contributed by atoms with Gasteiger partial charge in [-0.1, -0.05) is 66.7 Å². The van der Waals surface area contributed by atoms with Crippen LogP contribution in [0.5, 0.6) is 0 Å². The van der Waals surface area contributed by atoms with E-state index in [4.69, 9.17) is 0 Å². The average Bonchev–Trinajstić information content (AvgIpc) is 2.83. The molecular weight excluding hydrogens is 422 g/mol. The number of hydrogen-bond donors (Lipinski definition) is 1. The van der Waals surface area contributed by atoms with E-state index in [1.54, 1.807) is 42.6 Å². The zero-order chi connectivity index (χ0) is 22.4. The molecule has 4 rings (SSSR count). The van der Waals surface area contributed by atoms with E-state index in [9.17, 15) is 13.2 Å². The minimum absolute atomic E-state index is 0.116. The number of nitrogens with zero attached hydrogens (tertiary/aromatic N) is 2. The number of pyridine rings is 1.